The predicted molar refractivity (Wildman–Crippen MR) is 74.4 cm³/mol. The standard InChI is InChI=1S/C13H17NO4S/c1-13(2,3)18-11(15)7-19-8-4-5-9(12(16)17)10(14)6-8/h4-6H,7,14H2,1-3H3,(H,16,17). The number of carbonyl (C=O) groups is 2. The molecule has 0 amide bonds. The van der Waals surface area contributed by atoms with E-state index in [2.05, 4.69) is 0 Å². The molecule has 104 valence electrons. The van der Waals surface area contributed by atoms with Crippen molar-refractivity contribution in [3.63, 3.8) is 0 Å². The zero-order chi connectivity index (χ0) is 14.6. The van der Waals surface area contributed by atoms with E-state index in [4.69, 9.17) is 15.6 Å². The van der Waals surface area contributed by atoms with Crippen LogP contribution in [0.3, 0.4) is 0 Å². The van der Waals surface area contributed by atoms with E-state index in [1.165, 1.54) is 17.8 Å². The van der Waals surface area contributed by atoms with Gasteiger partial charge in [-0.25, -0.2) is 4.79 Å². The number of nitrogens with two attached hydrogens (primary N) is 1. The summed E-state index contributed by atoms with van der Waals surface area (Å²) in [5.74, 6) is -1.23. The summed E-state index contributed by atoms with van der Waals surface area (Å²) in [7, 11) is 0. The van der Waals surface area contributed by atoms with Crippen molar-refractivity contribution in [3.05, 3.63) is 23.8 Å². The van der Waals surface area contributed by atoms with Crippen molar-refractivity contribution in [2.24, 2.45) is 0 Å². The van der Waals surface area contributed by atoms with Crippen LogP contribution >= 0.6 is 11.8 Å². The van der Waals surface area contributed by atoms with Gasteiger partial charge in [0, 0.05) is 10.6 Å². The van der Waals surface area contributed by atoms with Crippen LogP contribution in [0.4, 0.5) is 5.69 Å². The van der Waals surface area contributed by atoms with Crippen LogP contribution in [0.25, 0.3) is 0 Å². The molecular formula is C13H17NO4S. The normalized spacial score (nSPS) is 11.1. The number of hydrogen-bond donors (Lipinski definition) is 2. The molecule has 0 bridgehead atoms. The summed E-state index contributed by atoms with van der Waals surface area (Å²) in [6.45, 7) is 5.40. The third kappa shape index (κ3) is 5.21. The van der Waals surface area contributed by atoms with Gasteiger partial charge in [-0.3, -0.25) is 4.79 Å². The van der Waals surface area contributed by atoms with Crippen LogP contribution in [0.15, 0.2) is 23.1 Å². The minimum atomic E-state index is -1.07. The number of ether oxygens (including phenoxy) is 1. The second-order valence-corrected chi connectivity index (χ2v) is 5.98. The third-order valence-corrected chi connectivity index (χ3v) is 3.00. The third-order valence-electron chi connectivity index (χ3n) is 2.03. The molecule has 1 aromatic rings. The fourth-order valence-electron chi connectivity index (χ4n) is 1.34. The van der Waals surface area contributed by atoms with Crippen LogP contribution in [-0.4, -0.2) is 28.4 Å². The van der Waals surface area contributed by atoms with E-state index in [1.54, 1.807) is 32.9 Å². The minimum Gasteiger partial charge on any atom is -0.478 e. The molecule has 0 unspecified atom stereocenters. The first kappa shape index (κ1) is 15.4. The van der Waals surface area contributed by atoms with Crippen molar-refractivity contribution in [1.29, 1.82) is 0 Å². The van der Waals surface area contributed by atoms with Gasteiger partial charge >= 0.3 is 11.9 Å². The Morgan fingerprint density at radius 1 is 1.37 bits per heavy atom. The molecule has 0 spiro atoms. The zero-order valence-corrected chi connectivity index (χ0v) is 11.9. The Balaban J connectivity index is 2.62. The first-order chi connectivity index (χ1) is 8.69. The number of benzene rings is 1. The lowest BCUT2D eigenvalue weighted by Crippen LogP contribution is -2.24. The number of rotatable bonds is 4. The summed E-state index contributed by atoms with van der Waals surface area (Å²) < 4.78 is 5.17. The SMILES string of the molecule is CC(C)(C)OC(=O)CSc1ccc(C(=O)O)c(N)c1. The Hall–Kier alpha value is -1.69. The van der Waals surface area contributed by atoms with E-state index in [0.717, 1.165) is 4.90 Å². The van der Waals surface area contributed by atoms with E-state index in [9.17, 15) is 9.59 Å². The smallest absolute Gasteiger partial charge is 0.337 e. The molecule has 5 nitrogen and oxygen atoms in total. The predicted octanol–water partition coefficient (Wildman–Crippen LogP) is 2.40. The van der Waals surface area contributed by atoms with Crippen LogP contribution in [0.5, 0.6) is 0 Å². The molecule has 0 atom stereocenters. The molecule has 1 aromatic carbocycles. The van der Waals surface area contributed by atoms with Crippen molar-refractivity contribution in [3.8, 4) is 0 Å². The number of thioether (sulfide) groups is 1. The van der Waals surface area contributed by atoms with Gasteiger partial charge in [-0.05, 0) is 39.0 Å². The van der Waals surface area contributed by atoms with Gasteiger partial charge in [0.15, 0.2) is 0 Å². The Bertz CT molecular complexity index is 494. The summed E-state index contributed by atoms with van der Waals surface area (Å²) in [5.41, 5.74) is 5.35. The second-order valence-electron chi connectivity index (χ2n) is 4.93. The van der Waals surface area contributed by atoms with Gasteiger partial charge in [-0.15, -0.1) is 11.8 Å². The van der Waals surface area contributed by atoms with Crippen LogP contribution in [0.2, 0.25) is 0 Å². The average molecular weight is 283 g/mol. The monoisotopic (exact) mass is 283 g/mol. The first-order valence-electron chi connectivity index (χ1n) is 5.66. The van der Waals surface area contributed by atoms with Crippen LogP contribution in [0, 0.1) is 0 Å². The maximum Gasteiger partial charge on any atom is 0.337 e. The number of carboxylic acids is 1. The highest BCUT2D eigenvalue weighted by Crippen LogP contribution is 2.24. The fraction of sp³-hybridized carbons (Fsp3) is 0.385. The summed E-state index contributed by atoms with van der Waals surface area (Å²) in [4.78, 5) is 23.0. The molecule has 0 saturated heterocycles. The van der Waals surface area contributed by atoms with Gasteiger partial charge < -0.3 is 15.6 Å². The molecule has 1 rings (SSSR count). The quantitative estimate of drug-likeness (QED) is 0.501. The number of hydrogen-bond acceptors (Lipinski definition) is 5. The zero-order valence-electron chi connectivity index (χ0n) is 11.1. The minimum absolute atomic E-state index is 0.0571. The lowest BCUT2D eigenvalue weighted by Gasteiger charge is -2.19. The van der Waals surface area contributed by atoms with Crippen molar-refractivity contribution >= 4 is 29.4 Å². The van der Waals surface area contributed by atoms with Crippen LogP contribution < -0.4 is 5.73 Å². The highest BCUT2D eigenvalue weighted by atomic mass is 32.2. The Morgan fingerprint density at radius 2 is 2.00 bits per heavy atom. The largest absolute Gasteiger partial charge is 0.478 e. The number of esters is 1. The van der Waals surface area contributed by atoms with Gasteiger partial charge in [0.1, 0.15) is 5.60 Å². The van der Waals surface area contributed by atoms with Crippen LogP contribution in [-0.2, 0) is 9.53 Å². The molecule has 0 aliphatic heterocycles. The van der Waals surface area contributed by atoms with Crippen LogP contribution in [0.1, 0.15) is 31.1 Å². The van der Waals surface area contributed by atoms with Crippen molar-refractivity contribution in [2.75, 3.05) is 11.5 Å². The molecule has 0 radical (unpaired) electrons. The number of carboxylic acid groups (broad SMARTS) is 1. The molecule has 19 heavy (non-hydrogen) atoms. The maximum absolute atomic E-state index is 11.5. The molecule has 0 fully saturated rings. The highest BCUT2D eigenvalue weighted by Gasteiger charge is 2.16. The molecule has 0 aromatic heterocycles. The lowest BCUT2D eigenvalue weighted by molar-refractivity contribution is -0.151. The molecular weight excluding hydrogens is 266 g/mol. The molecule has 0 heterocycles. The number of anilines is 1. The first-order valence-corrected chi connectivity index (χ1v) is 6.65. The summed E-state index contributed by atoms with van der Waals surface area (Å²) in [6.07, 6.45) is 0. The summed E-state index contributed by atoms with van der Waals surface area (Å²) >= 11 is 1.26. The van der Waals surface area contributed by atoms with Gasteiger partial charge in [0.2, 0.25) is 0 Å². The van der Waals surface area contributed by atoms with Gasteiger partial charge in [0.25, 0.3) is 0 Å². The fourth-order valence-corrected chi connectivity index (χ4v) is 2.06. The highest BCUT2D eigenvalue weighted by molar-refractivity contribution is 8.00. The van der Waals surface area contributed by atoms with E-state index < -0.39 is 11.6 Å². The van der Waals surface area contributed by atoms with E-state index in [0.29, 0.717) is 0 Å². The van der Waals surface area contributed by atoms with Gasteiger partial charge in [-0.1, -0.05) is 0 Å². The number of nitrogen functional groups attached to an aromatic ring is 1. The summed E-state index contributed by atoms with van der Waals surface area (Å²) in [6, 6.07) is 4.59. The van der Waals surface area contributed by atoms with E-state index >= 15 is 0 Å². The van der Waals surface area contributed by atoms with E-state index in [1.807, 2.05) is 0 Å². The number of carbonyl (C=O) groups excluding carboxylic acids is 1. The van der Waals surface area contributed by atoms with Crippen molar-refractivity contribution in [2.45, 2.75) is 31.3 Å². The number of aromatic carboxylic acids is 1. The topological polar surface area (TPSA) is 89.6 Å². The van der Waals surface area contributed by atoms with Gasteiger partial charge in [0.05, 0.1) is 11.3 Å². The Kier molecular flexibility index (Phi) is 4.83. The molecule has 0 aliphatic carbocycles. The summed E-state index contributed by atoms with van der Waals surface area (Å²) in [5, 5.41) is 8.84. The lowest BCUT2D eigenvalue weighted by atomic mass is 10.2. The van der Waals surface area contributed by atoms with E-state index in [-0.39, 0.29) is 23.0 Å². The molecule has 0 saturated carbocycles. The molecule has 6 heteroatoms. The van der Waals surface area contributed by atoms with Crippen molar-refractivity contribution in [1.82, 2.24) is 0 Å². The Morgan fingerprint density at radius 3 is 2.47 bits per heavy atom. The molecule has 3 N–H and O–H groups in total. The average Bonchev–Trinajstić information content (AvgIpc) is 2.23. The van der Waals surface area contributed by atoms with Gasteiger partial charge in [-0.2, -0.15) is 0 Å². The second kappa shape index (κ2) is 5.97. The van der Waals surface area contributed by atoms with Crippen molar-refractivity contribution < 1.29 is 19.4 Å². The maximum atomic E-state index is 11.5. The Labute approximate surface area is 116 Å². The molecule has 0 aliphatic rings.